The molecule has 1 aliphatic rings. The van der Waals surface area contributed by atoms with E-state index >= 15 is 0 Å². The molecule has 60 heavy (non-hydrogen) atoms. The Labute approximate surface area is 359 Å². The normalized spacial score (nSPS) is 17.0. The summed E-state index contributed by atoms with van der Waals surface area (Å²) in [5, 5.41) is 16.3. The number of carbonyl (C=O) groups is 5. The van der Waals surface area contributed by atoms with Gasteiger partial charge in [-0.3, -0.25) is 28.9 Å². The summed E-state index contributed by atoms with van der Waals surface area (Å²) in [7, 11) is 3.65. The lowest BCUT2D eigenvalue weighted by Gasteiger charge is -2.37. The van der Waals surface area contributed by atoms with Crippen molar-refractivity contribution in [2.24, 2.45) is 17.8 Å². The first-order valence-electron chi connectivity index (χ1n) is 21.2. The molecule has 3 N–H and O–H groups in total. The fourth-order valence-electron chi connectivity index (χ4n) is 7.71. The smallest absolute Gasteiger partial charge is 0.306 e. The first-order chi connectivity index (χ1) is 28.5. The number of amides is 3. The van der Waals surface area contributed by atoms with E-state index in [0.29, 0.717) is 29.3 Å². The van der Waals surface area contributed by atoms with E-state index in [2.05, 4.69) is 10.6 Å². The largest absolute Gasteiger partial charge is 0.481 e. The number of benzene rings is 2. The Kier molecular flexibility index (Phi) is 18.7. The minimum Gasteiger partial charge on any atom is -0.481 e. The quantitative estimate of drug-likeness (QED) is 0.0755. The van der Waals surface area contributed by atoms with Crippen molar-refractivity contribution in [1.29, 1.82) is 0 Å². The standard InChI is InChI=1S/C46H65N5O8S/c1-29(2)37(51(8)45(55)40(30(3)4)48-42(53)36-21-15-16-23-50(36)7)27-38(59-32(6)52)44-49-41(39(60-44)22-24-58-28-34-19-13-10-14-20-34)43(54)47-35(25-31(5)46(56)57)26-33-17-11-9-12-18-33/h9-14,17-20,29-31,35-38,40H,15-16,21-28H2,1-8H3,(H,47,54)(H,48,53)(H,56,57)/t31-,35+,36+,37+,38+,40-/m0/s1. The molecule has 13 nitrogen and oxygen atoms in total. The van der Waals surface area contributed by atoms with Crippen LogP contribution in [0.3, 0.4) is 0 Å². The molecule has 0 bridgehead atoms. The molecule has 14 heteroatoms. The van der Waals surface area contributed by atoms with Crippen LogP contribution in [-0.4, -0.2) is 101 Å². The van der Waals surface area contributed by atoms with Gasteiger partial charge in [0, 0.05) is 43.8 Å². The molecule has 2 aromatic carbocycles. The number of esters is 1. The van der Waals surface area contributed by atoms with Crippen LogP contribution in [0.1, 0.15) is 111 Å². The maximum Gasteiger partial charge on any atom is 0.306 e. The number of aromatic nitrogens is 1. The minimum atomic E-state index is -0.958. The van der Waals surface area contributed by atoms with Gasteiger partial charge < -0.3 is 30.1 Å². The Morgan fingerprint density at radius 3 is 2.15 bits per heavy atom. The zero-order valence-electron chi connectivity index (χ0n) is 36.5. The van der Waals surface area contributed by atoms with E-state index < -0.39 is 48.0 Å². The van der Waals surface area contributed by atoms with E-state index in [1.807, 2.05) is 100 Å². The molecular formula is C46H65N5O8S. The molecule has 0 unspecified atom stereocenters. The average Bonchev–Trinajstić information content (AvgIpc) is 3.64. The molecule has 1 aliphatic heterocycles. The van der Waals surface area contributed by atoms with Gasteiger partial charge in [0.1, 0.15) is 16.7 Å². The van der Waals surface area contributed by atoms with Gasteiger partial charge in [-0.25, -0.2) is 4.98 Å². The summed E-state index contributed by atoms with van der Waals surface area (Å²) in [6, 6.07) is 17.3. The van der Waals surface area contributed by atoms with Crippen molar-refractivity contribution in [2.75, 3.05) is 27.2 Å². The van der Waals surface area contributed by atoms with Crippen molar-refractivity contribution >= 4 is 41.0 Å². The van der Waals surface area contributed by atoms with Crippen LogP contribution in [0.5, 0.6) is 0 Å². The number of nitrogens with one attached hydrogen (secondary N) is 2. The maximum absolute atomic E-state index is 14.3. The number of likely N-dealkylation sites (tertiary alicyclic amines) is 1. The van der Waals surface area contributed by atoms with Crippen LogP contribution in [0.15, 0.2) is 60.7 Å². The predicted octanol–water partition coefficient (Wildman–Crippen LogP) is 6.46. The number of hydrogen-bond donors (Lipinski definition) is 3. The molecular weight excluding hydrogens is 783 g/mol. The van der Waals surface area contributed by atoms with Crippen LogP contribution < -0.4 is 10.6 Å². The van der Waals surface area contributed by atoms with Crippen LogP contribution in [0.2, 0.25) is 0 Å². The SMILES string of the molecule is CC(=O)O[C@H](C[C@H](C(C)C)N(C)C(=O)[C@@H](NC(=O)[C@H]1CCCCN1C)C(C)C)c1nc(C(=O)N[C@@H](Cc2ccccc2)C[C@H](C)C(=O)O)c(CCOCc2ccccc2)s1. The van der Waals surface area contributed by atoms with Crippen LogP contribution in [0.4, 0.5) is 0 Å². The van der Waals surface area contributed by atoms with Crippen molar-refractivity contribution in [3.8, 4) is 0 Å². The molecule has 0 radical (unpaired) electrons. The van der Waals surface area contributed by atoms with Gasteiger partial charge in [0.2, 0.25) is 11.8 Å². The second-order valence-electron chi connectivity index (χ2n) is 16.8. The van der Waals surface area contributed by atoms with Crippen molar-refractivity contribution in [3.63, 3.8) is 0 Å². The third-order valence-electron chi connectivity index (χ3n) is 11.2. The van der Waals surface area contributed by atoms with Gasteiger partial charge in [-0.1, -0.05) is 102 Å². The first-order valence-corrected chi connectivity index (χ1v) is 22.0. The third-order valence-corrected chi connectivity index (χ3v) is 12.4. The highest BCUT2D eigenvalue weighted by atomic mass is 32.1. The molecule has 1 saturated heterocycles. The molecule has 3 amide bonds. The second kappa shape index (κ2) is 23.4. The molecule has 6 atom stereocenters. The molecule has 0 aliphatic carbocycles. The summed E-state index contributed by atoms with van der Waals surface area (Å²) in [6.07, 6.45) is 2.96. The number of likely N-dealkylation sites (N-methyl/N-ethyl adjacent to an activating group) is 2. The van der Waals surface area contributed by atoms with E-state index in [1.54, 1.807) is 18.9 Å². The second-order valence-corrected chi connectivity index (χ2v) is 17.9. The highest BCUT2D eigenvalue weighted by molar-refractivity contribution is 7.12. The fraction of sp³-hybridized carbons (Fsp3) is 0.565. The highest BCUT2D eigenvalue weighted by Gasteiger charge is 2.37. The number of piperidine rings is 1. The van der Waals surface area contributed by atoms with Crippen molar-refractivity contribution in [2.45, 2.75) is 123 Å². The predicted molar refractivity (Wildman–Crippen MR) is 232 cm³/mol. The number of thiazole rings is 1. The molecule has 0 saturated carbocycles. The van der Waals surface area contributed by atoms with Crippen molar-refractivity contribution < 1.29 is 38.6 Å². The lowest BCUT2D eigenvalue weighted by molar-refractivity contribution is -0.149. The van der Waals surface area contributed by atoms with Gasteiger partial charge in [-0.15, -0.1) is 11.3 Å². The minimum absolute atomic E-state index is 0.0893. The summed E-state index contributed by atoms with van der Waals surface area (Å²) < 4.78 is 12.0. The fourth-order valence-corrected chi connectivity index (χ4v) is 8.79. The molecule has 4 rings (SSSR count). The van der Waals surface area contributed by atoms with Gasteiger partial charge in [0.15, 0.2) is 6.10 Å². The maximum atomic E-state index is 14.3. The van der Waals surface area contributed by atoms with Gasteiger partial charge >= 0.3 is 11.9 Å². The topological polar surface area (TPSA) is 167 Å². The molecule has 3 aromatic rings. The van der Waals surface area contributed by atoms with E-state index in [4.69, 9.17) is 14.5 Å². The summed E-state index contributed by atoms with van der Waals surface area (Å²) in [4.78, 5) is 75.8. The molecule has 1 fully saturated rings. The first kappa shape index (κ1) is 48.0. The van der Waals surface area contributed by atoms with E-state index in [1.165, 1.54) is 18.3 Å². The lowest BCUT2D eigenvalue weighted by Crippen LogP contribution is -2.57. The van der Waals surface area contributed by atoms with Crippen LogP contribution >= 0.6 is 11.3 Å². The summed E-state index contributed by atoms with van der Waals surface area (Å²) in [5.41, 5.74) is 2.10. The van der Waals surface area contributed by atoms with E-state index in [-0.39, 0.29) is 54.8 Å². The Hall–Kier alpha value is -4.66. The number of hydrogen-bond acceptors (Lipinski definition) is 10. The highest BCUT2D eigenvalue weighted by Crippen LogP contribution is 2.34. The van der Waals surface area contributed by atoms with Crippen LogP contribution in [0.25, 0.3) is 0 Å². The monoisotopic (exact) mass is 847 g/mol. The summed E-state index contributed by atoms with van der Waals surface area (Å²) >= 11 is 1.26. The lowest BCUT2D eigenvalue weighted by atomic mass is 9.94. The number of nitrogens with zero attached hydrogens (tertiary/aromatic N) is 3. The number of rotatable bonds is 22. The van der Waals surface area contributed by atoms with Crippen molar-refractivity contribution in [3.05, 3.63) is 87.4 Å². The summed E-state index contributed by atoms with van der Waals surface area (Å²) in [6.45, 7) is 12.2. The third kappa shape index (κ3) is 14.2. The Morgan fingerprint density at radius 1 is 0.917 bits per heavy atom. The van der Waals surface area contributed by atoms with E-state index in [9.17, 15) is 29.1 Å². The van der Waals surface area contributed by atoms with E-state index in [0.717, 1.165) is 36.9 Å². The zero-order valence-corrected chi connectivity index (χ0v) is 37.3. The van der Waals surface area contributed by atoms with Crippen LogP contribution in [0, 0.1) is 17.8 Å². The van der Waals surface area contributed by atoms with Crippen LogP contribution in [-0.2, 0) is 48.1 Å². The number of carbonyl (C=O) groups excluding carboxylic acids is 4. The summed E-state index contributed by atoms with van der Waals surface area (Å²) in [5.74, 6) is -3.36. The number of aliphatic carboxylic acids is 1. The van der Waals surface area contributed by atoms with Crippen molar-refractivity contribution in [1.82, 2.24) is 25.4 Å². The zero-order chi connectivity index (χ0) is 43.9. The molecule has 328 valence electrons. The van der Waals surface area contributed by atoms with Gasteiger partial charge in [-0.2, -0.15) is 0 Å². The molecule has 2 heterocycles. The number of carboxylic acids is 1. The Morgan fingerprint density at radius 2 is 1.57 bits per heavy atom. The molecule has 0 spiro atoms. The molecule has 1 aromatic heterocycles. The number of ether oxygens (including phenoxy) is 2. The average molecular weight is 848 g/mol. The Bertz CT molecular complexity index is 1860. The Balaban J connectivity index is 1.63. The van der Waals surface area contributed by atoms with Gasteiger partial charge in [0.25, 0.3) is 5.91 Å². The van der Waals surface area contributed by atoms with Gasteiger partial charge in [-0.05, 0) is 62.2 Å². The number of carboxylic acid groups (broad SMARTS) is 1. The van der Waals surface area contributed by atoms with Gasteiger partial charge in [0.05, 0.1) is 25.2 Å².